The molecule has 5 nitrogen and oxygen atoms in total. The summed E-state index contributed by atoms with van der Waals surface area (Å²) >= 11 is 0. The van der Waals surface area contributed by atoms with E-state index in [4.69, 9.17) is 18.9 Å². The SMILES string of the molecule is CCOc1cc(C(=O)OC)cc(OCC)c1OCC. The second-order valence-electron chi connectivity index (χ2n) is 3.59. The van der Waals surface area contributed by atoms with Crippen molar-refractivity contribution < 1.29 is 23.7 Å². The lowest BCUT2D eigenvalue weighted by molar-refractivity contribution is 0.0599. The lowest BCUT2D eigenvalue weighted by atomic mass is 10.2. The monoisotopic (exact) mass is 268 g/mol. The van der Waals surface area contributed by atoms with Crippen LogP contribution in [0.15, 0.2) is 12.1 Å². The first-order valence-electron chi connectivity index (χ1n) is 6.32. The highest BCUT2D eigenvalue weighted by molar-refractivity contribution is 5.91. The Morgan fingerprint density at radius 3 is 1.79 bits per heavy atom. The van der Waals surface area contributed by atoms with Gasteiger partial charge in [-0.15, -0.1) is 0 Å². The molecular weight excluding hydrogens is 248 g/mol. The number of benzene rings is 1. The highest BCUT2D eigenvalue weighted by atomic mass is 16.5. The van der Waals surface area contributed by atoms with E-state index < -0.39 is 5.97 Å². The number of ether oxygens (including phenoxy) is 4. The van der Waals surface area contributed by atoms with Crippen LogP contribution in [-0.4, -0.2) is 32.9 Å². The molecule has 0 aliphatic carbocycles. The van der Waals surface area contributed by atoms with Crippen molar-refractivity contribution in [2.75, 3.05) is 26.9 Å². The summed E-state index contributed by atoms with van der Waals surface area (Å²) in [4.78, 5) is 11.6. The Kier molecular flexibility index (Phi) is 5.99. The first kappa shape index (κ1) is 15.1. The average Bonchev–Trinajstić information content (AvgIpc) is 2.41. The average molecular weight is 268 g/mol. The number of hydrogen-bond acceptors (Lipinski definition) is 5. The van der Waals surface area contributed by atoms with E-state index in [9.17, 15) is 4.79 Å². The molecule has 0 saturated heterocycles. The van der Waals surface area contributed by atoms with Gasteiger partial charge in [-0.3, -0.25) is 0 Å². The van der Waals surface area contributed by atoms with Crippen molar-refractivity contribution in [2.45, 2.75) is 20.8 Å². The molecule has 0 radical (unpaired) electrons. The molecule has 0 N–H and O–H groups in total. The van der Waals surface area contributed by atoms with E-state index in [-0.39, 0.29) is 0 Å². The van der Waals surface area contributed by atoms with Crippen molar-refractivity contribution in [3.05, 3.63) is 17.7 Å². The zero-order valence-corrected chi connectivity index (χ0v) is 11.8. The molecule has 0 atom stereocenters. The van der Waals surface area contributed by atoms with E-state index in [2.05, 4.69) is 0 Å². The van der Waals surface area contributed by atoms with E-state index in [0.717, 1.165) is 0 Å². The van der Waals surface area contributed by atoms with Crippen molar-refractivity contribution in [3.63, 3.8) is 0 Å². The normalized spacial score (nSPS) is 9.89. The number of carbonyl (C=O) groups excluding carboxylic acids is 1. The van der Waals surface area contributed by atoms with Crippen LogP contribution in [0.4, 0.5) is 0 Å². The first-order chi connectivity index (χ1) is 9.17. The summed E-state index contributed by atoms with van der Waals surface area (Å²) in [5.74, 6) is 1.04. The number of esters is 1. The van der Waals surface area contributed by atoms with Gasteiger partial charge in [0.05, 0.1) is 32.5 Å². The Hall–Kier alpha value is -1.91. The molecule has 0 saturated carbocycles. The van der Waals surface area contributed by atoms with Crippen molar-refractivity contribution in [1.82, 2.24) is 0 Å². The quantitative estimate of drug-likeness (QED) is 0.712. The van der Waals surface area contributed by atoms with Gasteiger partial charge in [0.1, 0.15) is 0 Å². The molecule has 1 aromatic rings. The molecule has 0 bridgehead atoms. The van der Waals surface area contributed by atoms with Crippen molar-refractivity contribution >= 4 is 5.97 Å². The van der Waals surface area contributed by atoms with Crippen LogP contribution in [0, 0.1) is 0 Å². The fraction of sp³-hybridized carbons (Fsp3) is 0.500. The molecule has 1 aromatic carbocycles. The molecule has 0 fully saturated rings. The van der Waals surface area contributed by atoms with Crippen LogP contribution in [-0.2, 0) is 4.74 Å². The molecule has 0 aliphatic rings. The number of methoxy groups -OCH3 is 1. The van der Waals surface area contributed by atoms with Crippen LogP contribution in [0.25, 0.3) is 0 Å². The van der Waals surface area contributed by atoms with Crippen LogP contribution < -0.4 is 14.2 Å². The van der Waals surface area contributed by atoms with Crippen LogP contribution >= 0.6 is 0 Å². The van der Waals surface area contributed by atoms with Gasteiger partial charge in [-0.1, -0.05) is 0 Å². The zero-order valence-electron chi connectivity index (χ0n) is 11.8. The lowest BCUT2D eigenvalue weighted by Gasteiger charge is -2.16. The predicted octanol–water partition coefficient (Wildman–Crippen LogP) is 2.67. The van der Waals surface area contributed by atoms with E-state index in [1.807, 2.05) is 20.8 Å². The lowest BCUT2D eigenvalue weighted by Crippen LogP contribution is -2.07. The smallest absolute Gasteiger partial charge is 0.338 e. The van der Waals surface area contributed by atoms with Gasteiger partial charge in [0.15, 0.2) is 11.5 Å². The van der Waals surface area contributed by atoms with Crippen LogP contribution in [0.1, 0.15) is 31.1 Å². The van der Waals surface area contributed by atoms with Gasteiger partial charge < -0.3 is 18.9 Å². The third-order valence-corrected chi connectivity index (χ3v) is 2.33. The zero-order chi connectivity index (χ0) is 14.3. The van der Waals surface area contributed by atoms with Gasteiger partial charge in [0.2, 0.25) is 5.75 Å². The molecule has 19 heavy (non-hydrogen) atoms. The summed E-state index contributed by atoms with van der Waals surface area (Å²) in [5.41, 5.74) is 0.373. The fourth-order valence-corrected chi connectivity index (χ4v) is 1.62. The first-order valence-corrected chi connectivity index (χ1v) is 6.32. The van der Waals surface area contributed by atoms with E-state index in [1.54, 1.807) is 12.1 Å². The minimum absolute atomic E-state index is 0.373. The molecule has 0 heterocycles. The summed E-state index contributed by atoms with van der Waals surface area (Å²) in [6, 6.07) is 3.20. The molecule has 0 aliphatic heterocycles. The second-order valence-corrected chi connectivity index (χ2v) is 3.59. The van der Waals surface area contributed by atoms with E-state index in [0.29, 0.717) is 42.6 Å². The van der Waals surface area contributed by atoms with Crippen LogP contribution in [0.2, 0.25) is 0 Å². The van der Waals surface area contributed by atoms with E-state index in [1.165, 1.54) is 7.11 Å². The van der Waals surface area contributed by atoms with Gasteiger partial charge in [-0.2, -0.15) is 0 Å². The molecule has 1 rings (SSSR count). The third kappa shape index (κ3) is 3.77. The second kappa shape index (κ2) is 7.51. The molecule has 0 amide bonds. The fourth-order valence-electron chi connectivity index (χ4n) is 1.62. The minimum Gasteiger partial charge on any atom is -0.490 e. The Bertz CT molecular complexity index is 401. The van der Waals surface area contributed by atoms with E-state index >= 15 is 0 Å². The Labute approximate surface area is 113 Å². The van der Waals surface area contributed by atoms with Crippen molar-refractivity contribution in [2.24, 2.45) is 0 Å². The van der Waals surface area contributed by atoms with Gasteiger partial charge >= 0.3 is 5.97 Å². The summed E-state index contributed by atoms with van der Waals surface area (Å²) in [6.07, 6.45) is 0. The van der Waals surface area contributed by atoms with Gasteiger partial charge in [0, 0.05) is 0 Å². The number of carbonyl (C=O) groups is 1. The maximum atomic E-state index is 11.6. The molecular formula is C14H20O5. The maximum Gasteiger partial charge on any atom is 0.338 e. The van der Waals surface area contributed by atoms with Gasteiger partial charge in [-0.05, 0) is 32.9 Å². The summed E-state index contributed by atoms with van der Waals surface area (Å²) in [7, 11) is 1.33. The topological polar surface area (TPSA) is 54.0 Å². The maximum absolute atomic E-state index is 11.6. The summed E-state index contributed by atoms with van der Waals surface area (Å²) in [5, 5.41) is 0. The molecule has 0 aromatic heterocycles. The van der Waals surface area contributed by atoms with Gasteiger partial charge in [-0.25, -0.2) is 4.79 Å². The van der Waals surface area contributed by atoms with Crippen molar-refractivity contribution in [1.29, 1.82) is 0 Å². The van der Waals surface area contributed by atoms with Crippen LogP contribution in [0.3, 0.4) is 0 Å². The summed E-state index contributed by atoms with van der Waals surface area (Å²) < 4.78 is 21.2. The highest BCUT2D eigenvalue weighted by Gasteiger charge is 2.18. The number of rotatable bonds is 7. The minimum atomic E-state index is -0.440. The van der Waals surface area contributed by atoms with Crippen molar-refractivity contribution in [3.8, 4) is 17.2 Å². The van der Waals surface area contributed by atoms with Gasteiger partial charge in [0.25, 0.3) is 0 Å². The standard InChI is InChI=1S/C14H20O5/c1-5-17-11-8-10(14(15)16-4)9-12(18-6-2)13(11)19-7-3/h8-9H,5-7H2,1-4H3. The largest absolute Gasteiger partial charge is 0.490 e. The Balaban J connectivity index is 3.29. The molecule has 0 unspecified atom stereocenters. The molecule has 5 heteroatoms. The predicted molar refractivity (Wildman–Crippen MR) is 71.3 cm³/mol. The van der Waals surface area contributed by atoms with Crippen LogP contribution in [0.5, 0.6) is 17.2 Å². The number of hydrogen-bond donors (Lipinski definition) is 0. The highest BCUT2D eigenvalue weighted by Crippen LogP contribution is 2.39. The Morgan fingerprint density at radius 2 is 1.42 bits per heavy atom. The Morgan fingerprint density at radius 1 is 0.947 bits per heavy atom. The molecule has 106 valence electrons. The summed E-state index contributed by atoms with van der Waals surface area (Å²) in [6.45, 7) is 7.02. The molecule has 0 spiro atoms. The third-order valence-electron chi connectivity index (χ3n) is 2.33.